The quantitative estimate of drug-likeness (QED) is 0.665. The number of Topliss-reactive ketones (excluding diaryl/α,β-unsaturated/α-hetero) is 2. The monoisotopic (exact) mass is 333 g/mol. The number of carbonyl (C=O) groups excluding carboxylic acids is 3. The van der Waals surface area contributed by atoms with E-state index < -0.39 is 27.8 Å². The zero-order valence-corrected chi connectivity index (χ0v) is 14.5. The summed E-state index contributed by atoms with van der Waals surface area (Å²) in [5.74, 6) is -1.33. The largest absolute Gasteiger partial charge is 0.325 e. The highest BCUT2D eigenvalue weighted by Gasteiger charge is 2.77. The fourth-order valence-corrected chi connectivity index (χ4v) is 4.50. The van der Waals surface area contributed by atoms with Gasteiger partial charge in [-0.1, -0.05) is 32.4 Å². The summed E-state index contributed by atoms with van der Waals surface area (Å²) in [6.07, 6.45) is 0.983. The van der Waals surface area contributed by atoms with Crippen molar-refractivity contribution in [3.05, 3.63) is 28.8 Å². The standard InChI is InChI=1S/C18H20ClNO3/c1-10-9-11(19)5-6-12(10)20-15(23)18-8-7-17(4,16(18,2)3)13(21)14(18)22/h5-6,9H,7-8H2,1-4H3,(H,20,23)/t17-,18+/m0/s1. The smallest absolute Gasteiger partial charge is 0.239 e. The number of nitrogens with one attached hydrogen (secondary N) is 1. The predicted octanol–water partition coefficient (Wildman–Crippen LogP) is 3.55. The summed E-state index contributed by atoms with van der Waals surface area (Å²) in [4.78, 5) is 38.1. The van der Waals surface area contributed by atoms with Crippen LogP contribution in [0.25, 0.3) is 0 Å². The van der Waals surface area contributed by atoms with E-state index in [1.54, 1.807) is 18.2 Å². The topological polar surface area (TPSA) is 63.2 Å². The van der Waals surface area contributed by atoms with Crippen molar-refractivity contribution in [3.8, 4) is 0 Å². The summed E-state index contributed by atoms with van der Waals surface area (Å²) in [5, 5.41) is 3.43. The van der Waals surface area contributed by atoms with Gasteiger partial charge in [0, 0.05) is 16.1 Å². The van der Waals surface area contributed by atoms with Crippen molar-refractivity contribution in [1.29, 1.82) is 0 Å². The lowest BCUT2D eigenvalue weighted by molar-refractivity contribution is -0.147. The number of fused-ring (bicyclic) bond motifs is 2. The van der Waals surface area contributed by atoms with Crippen molar-refractivity contribution < 1.29 is 14.4 Å². The molecular formula is C18H20ClNO3. The highest BCUT2D eigenvalue weighted by atomic mass is 35.5. The summed E-state index contributed by atoms with van der Waals surface area (Å²) >= 11 is 5.94. The summed E-state index contributed by atoms with van der Waals surface area (Å²) in [5.41, 5.74) is -1.29. The number of hydrogen-bond donors (Lipinski definition) is 1. The lowest BCUT2D eigenvalue weighted by atomic mass is 9.64. The van der Waals surface area contributed by atoms with Crippen LogP contribution in [0.3, 0.4) is 0 Å². The molecule has 2 fully saturated rings. The molecule has 0 spiro atoms. The molecule has 0 unspecified atom stereocenters. The van der Waals surface area contributed by atoms with Gasteiger partial charge in [0.25, 0.3) is 0 Å². The third kappa shape index (κ3) is 1.76. The molecule has 0 heterocycles. The van der Waals surface area contributed by atoms with Crippen molar-refractivity contribution >= 4 is 34.8 Å². The van der Waals surface area contributed by atoms with Crippen LogP contribution in [0.5, 0.6) is 0 Å². The Labute approximate surface area is 140 Å². The average molecular weight is 334 g/mol. The first-order valence-corrected chi connectivity index (χ1v) is 8.12. The number of aryl methyl sites for hydroxylation is 1. The Balaban J connectivity index is 2.02. The number of ketones is 2. The van der Waals surface area contributed by atoms with Crippen molar-refractivity contribution in [3.63, 3.8) is 0 Å². The second-order valence-electron chi connectivity index (χ2n) is 7.43. The van der Waals surface area contributed by atoms with Gasteiger partial charge in [0.2, 0.25) is 17.5 Å². The summed E-state index contributed by atoms with van der Waals surface area (Å²) in [6, 6.07) is 5.16. The zero-order valence-electron chi connectivity index (χ0n) is 13.7. The molecule has 5 heteroatoms. The van der Waals surface area contributed by atoms with Gasteiger partial charge in [-0.3, -0.25) is 14.4 Å². The normalized spacial score (nSPS) is 31.5. The maximum Gasteiger partial charge on any atom is 0.239 e. The number of hydrogen-bond acceptors (Lipinski definition) is 3. The summed E-state index contributed by atoms with van der Waals surface area (Å²) < 4.78 is 0. The van der Waals surface area contributed by atoms with Gasteiger partial charge in [-0.25, -0.2) is 0 Å². The minimum absolute atomic E-state index is 0.382. The highest BCUT2D eigenvalue weighted by molar-refractivity contribution is 6.49. The molecule has 122 valence electrons. The van der Waals surface area contributed by atoms with Gasteiger partial charge < -0.3 is 5.32 Å². The van der Waals surface area contributed by atoms with E-state index in [2.05, 4.69) is 5.32 Å². The molecule has 0 aromatic heterocycles. The van der Waals surface area contributed by atoms with E-state index in [1.807, 2.05) is 27.7 Å². The third-order valence-corrected chi connectivity index (χ3v) is 6.60. The Morgan fingerprint density at radius 3 is 2.30 bits per heavy atom. The molecular weight excluding hydrogens is 314 g/mol. The molecule has 2 saturated carbocycles. The molecule has 1 amide bonds. The molecule has 2 atom stereocenters. The SMILES string of the molecule is Cc1cc(Cl)ccc1NC(=O)[C@@]12CC[C@@](C)(C(=O)C1=O)C2(C)C. The molecule has 23 heavy (non-hydrogen) atoms. The second kappa shape index (κ2) is 4.67. The Bertz CT molecular complexity index is 755. The molecule has 2 aliphatic rings. The van der Waals surface area contributed by atoms with Crippen LogP contribution in [-0.2, 0) is 14.4 Å². The van der Waals surface area contributed by atoms with Gasteiger partial charge in [0.05, 0.1) is 0 Å². The van der Waals surface area contributed by atoms with E-state index >= 15 is 0 Å². The molecule has 2 aliphatic carbocycles. The number of benzene rings is 1. The minimum atomic E-state index is -1.27. The van der Waals surface area contributed by atoms with E-state index in [1.165, 1.54) is 0 Å². The summed E-state index contributed by atoms with van der Waals surface area (Å²) in [6.45, 7) is 7.36. The number of halogens is 1. The van der Waals surface area contributed by atoms with Crippen LogP contribution < -0.4 is 5.32 Å². The lowest BCUT2D eigenvalue weighted by Gasteiger charge is -2.37. The van der Waals surface area contributed by atoms with E-state index in [0.717, 1.165) is 5.56 Å². The number of carbonyl (C=O) groups is 3. The van der Waals surface area contributed by atoms with E-state index in [0.29, 0.717) is 23.6 Å². The second-order valence-corrected chi connectivity index (χ2v) is 7.87. The van der Waals surface area contributed by atoms with Crippen molar-refractivity contribution in [2.45, 2.75) is 40.5 Å². The lowest BCUT2D eigenvalue weighted by Crippen LogP contribution is -2.47. The van der Waals surface area contributed by atoms with Crippen LogP contribution in [0.1, 0.15) is 39.2 Å². The first-order chi connectivity index (χ1) is 10.6. The minimum Gasteiger partial charge on any atom is -0.325 e. The molecule has 3 rings (SSSR count). The van der Waals surface area contributed by atoms with Gasteiger partial charge >= 0.3 is 0 Å². The number of rotatable bonds is 2. The number of amides is 1. The van der Waals surface area contributed by atoms with Gasteiger partial charge in [0.15, 0.2) is 0 Å². The number of anilines is 1. The molecule has 1 N–H and O–H groups in total. The van der Waals surface area contributed by atoms with Gasteiger partial charge in [0.1, 0.15) is 5.41 Å². The van der Waals surface area contributed by atoms with Crippen LogP contribution in [0.15, 0.2) is 18.2 Å². The molecule has 2 bridgehead atoms. The van der Waals surface area contributed by atoms with Gasteiger partial charge in [-0.2, -0.15) is 0 Å². The van der Waals surface area contributed by atoms with E-state index in [-0.39, 0.29) is 5.91 Å². The first-order valence-electron chi connectivity index (χ1n) is 7.75. The van der Waals surface area contributed by atoms with Crippen LogP contribution in [0.4, 0.5) is 5.69 Å². The Morgan fingerprint density at radius 1 is 1.13 bits per heavy atom. The maximum absolute atomic E-state index is 13.0. The van der Waals surface area contributed by atoms with Gasteiger partial charge in [-0.05, 0) is 48.9 Å². The zero-order chi connectivity index (χ0) is 17.2. The fourth-order valence-electron chi connectivity index (χ4n) is 4.27. The summed E-state index contributed by atoms with van der Waals surface area (Å²) in [7, 11) is 0. The van der Waals surface area contributed by atoms with E-state index in [9.17, 15) is 14.4 Å². The third-order valence-electron chi connectivity index (χ3n) is 6.37. The van der Waals surface area contributed by atoms with Crippen molar-refractivity contribution in [2.24, 2.45) is 16.2 Å². The van der Waals surface area contributed by atoms with E-state index in [4.69, 9.17) is 11.6 Å². The van der Waals surface area contributed by atoms with Gasteiger partial charge in [-0.15, -0.1) is 0 Å². The molecule has 4 nitrogen and oxygen atoms in total. The molecule has 0 radical (unpaired) electrons. The Hall–Kier alpha value is -1.68. The first kappa shape index (κ1) is 16.2. The predicted molar refractivity (Wildman–Crippen MR) is 88.4 cm³/mol. The molecule has 0 saturated heterocycles. The Morgan fingerprint density at radius 2 is 1.78 bits per heavy atom. The highest BCUT2D eigenvalue weighted by Crippen LogP contribution is 2.69. The fraction of sp³-hybridized carbons (Fsp3) is 0.500. The molecule has 1 aromatic carbocycles. The van der Waals surface area contributed by atoms with Crippen LogP contribution in [0, 0.1) is 23.2 Å². The Kier molecular flexibility index (Phi) is 3.28. The van der Waals surface area contributed by atoms with Crippen molar-refractivity contribution in [2.75, 3.05) is 5.32 Å². The maximum atomic E-state index is 13.0. The van der Waals surface area contributed by atoms with Crippen LogP contribution in [-0.4, -0.2) is 17.5 Å². The van der Waals surface area contributed by atoms with Crippen LogP contribution >= 0.6 is 11.6 Å². The van der Waals surface area contributed by atoms with Crippen LogP contribution in [0.2, 0.25) is 5.02 Å². The average Bonchev–Trinajstić information content (AvgIpc) is 2.74. The molecule has 0 aliphatic heterocycles. The molecule has 1 aromatic rings. The van der Waals surface area contributed by atoms with Crippen molar-refractivity contribution in [1.82, 2.24) is 0 Å².